The number of carbonyl (C=O) groups is 1. The van der Waals surface area contributed by atoms with Gasteiger partial charge >= 0.3 is 0 Å². The second kappa shape index (κ2) is 5.69. The summed E-state index contributed by atoms with van der Waals surface area (Å²) in [6.07, 6.45) is 6.14. The van der Waals surface area contributed by atoms with Crippen LogP contribution in [0.25, 0.3) is 11.2 Å². The number of carbonyl (C=O) groups excluding carboxylic acids is 1. The Hall–Kier alpha value is -2.53. The number of phenolic OH excluding ortho intramolecular Hbond substituents is 1. The van der Waals surface area contributed by atoms with Crippen LogP contribution < -0.4 is 9.30 Å². The number of hydrogen-bond acceptors (Lipinski definition) is 3. The van der Waals surface area contributed by atoms with E-state index in [1.807, 2.05) is 28.9 Å². The minimum absolute atomic E-state index is 0.0934. The smallest absolute Gasteiger partial charge is 0.254 e. The minimum Gasteiger partial charge on any atom is -0.503 e. The Labute approximate surface area is 132 Å². The topological polar surface area (TPSA) is 54.8 Å². The molecule has 2 heterocycles. The number of phenols is 1. The maximum absolute atomic E-state index is 11.1. The molecule has 6 heteroatoms. The second-order valence-electron chi connectivity index (χ2n) is 4.81. The van der Waals surface area contributed by atoms with E-state index in [2.05, 4.69) is 0 Å². The molecular weight excluding hydrogens is 304 g/mol. The average Bonchev–Trinajstić information content (AvgIpc) is 2.98. The van der Waals surface area contributed by atoms with Crippen molar-refractivity contribution in [2.24, 2.45) is 0 Å². The lowest BCUT2D eigenvalue weighted by atomic mass is 10.1. The normalized spacial score (nSPS) is 10.8. The summed E-state index contributed by atoms with van der Waals surface area (Å²) in [7, 11) is 1.51. The minimum atomic E-state index is -0.0934. The van der Waals surface area contributed by atoms with Crippen LogP contribution in [0.2, 0.25) is 0 Å². The number of rotatable bonds is 4. The summed E-state index contributed by atoms with van der Waals surface area (Å²) in [6.45, 7) is 0. The summed E-state index contributed by atoms with van der Waals surface area (Å²) in [5.74, 6) is 0.789. The first-order valence-electron chi connectivity index (χ1n) is 6.61. The number of aromatic hydroxyl groups is 1. The number of alkyl halides is 1. The van der Waals surface area contributed by atoms with Gasteiger partial charge in [-0.25, -0.2) is 4.40 Å². The molecule has 0 aliphatic rings. The van der Waals surface area contributed by atoms with E-state index in [9.17, 15) is 9.90 Å². The first kappa shape index (κ1) is 14.4. The van der Waals surface area contributed by atoms with Crippen LogP contribution in [0.1, 0.15) is 15.9 Å². The van der Waals surface area contributed by atoms with Gasteiger partial charge in [-0.1, -0.05) is 0 Å². The number of methoxy groups -OCH3 is 1. The molecule has 22 heavy (non-hydrogen) atoms. The van der Waals surface area contributed by atoms with Gasteiger partial charge in [0, 0.05) is 11.6 Å². The Balaban J connectivity index is 2.25. The molecule has 3 rings (SSSR count). The zero-order valence-electron chi connectivity index (χ0n) is 11.9. The van der Waals surface area contributed by atoms with Crippen molar-refractivity contribution in [2.45, 2.75) is 5.88 Å². The second-order valence-corrected chi connectivity index (χ2v) is 5.08. The van der Waals surface area contributed by atoms with Crippen molar-refractivity contribution in [3.05, 3.63) is 54.1 Å². The number of aromatic nitrogens is 2. The molecule has 0 aliphatic carbocycles. The van der Waals surface area contributed by atoms with Crippen LogP contribution in [0.4, 0.5) is 0 Å². The third kappa shape index (κ3) is 2.29. The summed E-state index contributed by atoms with van der Waals surface area (Å²) in [6, 6.07) is 7.00. The molecule has 0 spiro atoms. The van der Waals surface area contributed by atoms with Gasteiger partial charge in [0.25, 0.3) is 6.33 Å². The Kier molecular flexibility index (Phi) is 3.73. The van der Waals surface area contributed by atoms with Crippen molar-refractivity contribution in [3.8, 4) is 17.2 Å². The van der Waals surface area contributed by atoms with Crippen LogP contribution in [0.15, 0.2) is 43.0 Å². The Bertz CT molecular complexity index is 858. The molecule has 3 aromatic rings. The van der Waals surface area contributed by atoms with Gasteiger partial charge in [-0.15, -0.1) is 11.6 Å². The maximum Gasteiger partial charge on any atom is 0.254 e. The lowest BCUT2D eigenvalue weighted by molar-refractivity contribution is -0.594. The molecule has 0 saturated heterocycles. The van der Waals surface area contributed by atoms with Gasteiger partial charge in [-0.2, -0.15) is 4.57 Å². The summed E-state index contributed by atoms with van der Waals surface area (Å²) in [5, 5.41) is 10.3. The first-order valence-corrected chi connectivity index (χ1v) is 7.14. The van der Waals surface area contributed by atoms with E-state index in [1.54, 1.807) is 17.0 Å². The number of imidazole rings is 1. The van der Waals surface area contributed by atoms with Crippen LogP contribution in [-0.4, -0.2) is 22.9 Å². The molecule has 112 valence electrons. The molecule has 0 saturated carbocycles. The number of ether oxygens (including phenoxy) is 1. The van der Waals surface area contributed by atoms with Crippen LogP contribution in [0, 0.1) is 0 Å². The third-order valence-corrected chi connectivity index (χ3v) is 3.83. The number of nitrogens with zero attached hydrogens (tertiary/aromatic N) is 2. The van der Waals surface area contributed by atoms with Crippen molar-refractivity contribution >= 4 is 23.4 Å². The van der Waals surface area contributed by atoms with Crippen molar-refractivity contribution in [2.75, 3.05) is 7.11 Å². The Morgan fingerprint density at radius 1 is 1.45 bits per heavy atom. The molecule has 1 aromatic carbocycles. The highest BCUT2D eigenvalue weighted by Crippen LogP contribution is 2.27. The third-order valence-electron chi connectivity index (χ3n) is 3.54. The fraction of sp³-hybridized carbons (Fsp3) is 0.125. The van der Waals surface area contributed by atoms with Crippen molar-refractivity contribution in [1.29, 1.82) is 0 Å². The van der Waals surface area contributed by atoms with E-state index in [1.165, 1.54) is 13.2 Å². The Morgan fingerprint density at radius 2 is 2.27 bits per heavy atom. The predicted molar refractivity (Wildman–Crippen MR) is 82.1 cm³/mol. The van der Waals surface area contributed by atoms with Crippen molar-refractivity contribution < 1.29 is 19.2 Å². The monoisotopic (exact) mass is 317 g/mol. The van der Waals surface area contributed by atoms with Gasteiger partial charge in [0.2, 0.25) is 0 Å². The van der Waals surface area contributed by atoms with Crippen LogP contribution in [0.3, 0.4) is 0 Å². The fourth-order valence-electron chi connectivity index (χ4n) is 2.40. The highest BCUT2D eigenvalue weighted by atomic mass is 35.5. The Morgan fingerprint density at radius 3 is 2.95 bits per heavy atom. The van der Waals surface area contributed by atoms with Crippen LogP contribution in [-0.2, 0) is 5.88 Å². The lowest BCUT2D eigenvalue weighted by Gasteiger charge is -2.06. The highest BCUT2D eigenvalue weighted by molar-refractivity contribution is 6.17. The molecule has 5 nitrogen and oxygen atoms in total. The number of fused-ring (bicyclic) bond motifs is 1. The zero-order valence-corrected chi connectivity index (χ0v) is 12.6. The molecule has 0 aliphatic heterocycles. The van der Waals surface area contributed by atoms with E-state index in [4.69, 9.17) is 16.3 Å². The van der Waals surface area contributed by atoms with Gasteiger partial charge in [-0.3, -0.25) is 4.79 Å². The van der Waals surface area contributed by atoms with E-state index >= 15 is 0 Å². The standard InChI is InChI=1S/C16H13ClN2O3/c1-22-13-5-12(9-20)16(21)14(6-13)19-8-15-11(7-17)3-2-4-18(15)10-19/h2-6,8-10H,7H2,1H3/p+1. The summed E-state index contributed by atoms with van der Waals surface area (Å²) < 4.78 is 8.81. The number of aldehydes is 1. The molecular formula is C16H14ClN2O3+. The van der Waals surface area contributed by atoms with E-state index in [0.29, 0.717) is 23.6 Å². The van der Waals surface area contributed by atoms with Crippen LogP contribution >= 0.6 is 11.6 Å². The van der Waals surface area contributed by atoms with E-state index in [0.717, 1.165) is 11.1 Å². The maximum atomic E-state index is 11.1. The molecule has 0 amide bonds. The lowest BCUT2D eigenvalue weighted by Crippen LogP contribution is -2.27. The van der Waals surface area contributed by atoms with Gasteiger partial charge in [0.1, 0.15) is 11.9 Å². The van der Waals surface area contributed by atoms with Gasteiger partial charge in [-0.05, 0) is 18.2 Å². The van der Waals surface area contributed by atoms with E-state index < -0.39 is 0 Å². The van der Waals surface area contributed by atoms with Gasteiger partial charge in [0.15, 0.2) is 23.2 Å². The SMILES string of the molecule is COc1cc(C=O)c(O)c(-[n+]2cc3c(CCl)cccn3c2)c1. The number of pyridine rings is 1. The molecule has 0 atom stereocenters. The number of halogens is 1. The zero-order chi connectivity index (χ0) is 15.7. The fourth-order valence-corrected chi connectivity index (χ4v) is 2.62. The molecule has 0 fully saturated rings. The van der Waals surface area contributed by atoms with Crippen molar-refractivity contribution in [3.63, 3.8) is 0 Å². The molecule has 1 N–H and O–H groups in total. The average molecular weight is 318 g/mol. The van der Waals surface area contributed by atoms with Crippen molar-refractivity contribution in [1.82, 2.24) is 4.40 Å². The number of benzene rings is 1. The summed E-state index contributed by atoms with van der Waals surface area (Å²) in [5.41, 5.74) is 2.54. The highest BCUT2D eigenvalue weighted by Gasteiger charge is 2.18. The van der Waals surface area contributed by atoms with E-state index in [-0.39, 0.29) is 11.3 Å². The molecule has 2 aromatic heterocycles. The van der Waals surface area contributed by atoms with Gasteiger partial charge in [0.05, 0.1) is 24.8 Å². The molecule has 0 unspecified atom stereocenters. The van der Waals surface area contributed by atoms with Crippen LogP contribution in [0.5, 0.6) is 11.5 Å². The largest absolute Gasteiger partial charge is 0.503 e. The molecule has 0 bridgehead atoms. The summed E-state index contributed by atoms with van der Waals surface area (Å²) >= 11 is 5.95. The first-order chi connectivity index (χ1) is 10.7. The predicted octanol–water partition coefficient (Wildman–Crippen LogP) is 2.48. The van der Waals surface area contributed by atoms with Gasteiger partial charge < -0.3 is 9.84 Å². The number of hydrogen-bond donors (Lipinski definition) is 1. The quantitative estimate of drug-likeness (QED) is 0.457. The summed E-state index contributed by atoms with van der Waals surface area (Å²) in [4.78, 5) is 11.1. The molecule has 0 radical (unpaired) electrons.